The van der Waals surface area contributed by atoms with Gasteiger partial charge in [0.05, 0.1) is 26.4 Å². The quantitative estimate of drug-likeness (QED) is 0.0494. The first-order valence-corrected chi connectivity index (χ1v) is 21.3. The van der Waals surface area contributed by atoms with Crippen molar-refractivity contribution in [3.05, 3.63) is 138 Å². The maximum atomic E-state index is 14.5. The van der Waals surface area contributed by atoms with Crippen LogP contribution in [0.5, 0.6) is 17.2 Å². The van der Waals surface area contributed by atoms with E-state index in [1.54, 1.807) is 66.0 Å². The minimum Gasteiger partial charge on any atom is -0.507 e. The molecule has 14 nitrogen and oxygen atoms in total. The van der Waals surface area contributed by atoms with Crippen LogP contribution in [0.4, 0.5) is 4.79 Å². The maximum absolute atomic E-state index is 14.5. The van der Waals surface area contributed by atoms with E-state index in [1.165, 1.54) is 13.2 Å². The second-order valence-corrected chi connectivity index (χ2v) is 17.1. The minimum absolute atomic E-state index is 0.0271. The summed E-state index contributed by atoms with van der Waals surface area (Å²) < 4.78 is 16.1. The molecule has 5 aromatic carbocycles. The molecule has 14 heteroatoms. The zero-order valence-corrected chi connectivity index (χ0v) is 37.5. The van der Waals surface area contributed by atoms with E-state index in [9.17, 15) is 29.4 Å². The standard InChI is InChI=1S/C50H61N5O9/c1-31(2)42(46(58)52-29-37-21-24-39(63-7)27-41(37)56)54-47(59)43(51-28-33-18-22-38(62-6)23-19-33)44(57)40(26-32-13-9-8-10-14-32)53-48(60)45(50(3,4)5)55-49(61)64-30-34-17-20-35-15-11-12-16-36(35)25-34/h8-25,27,31,40,42-45,51,56-57H,26,28-30H2,1-7H3,(H,52,58)(H,53,60)(H,54,59)(H,55,61). The minimum atomic E-state index is -1.57. The molecule has 0 heterocycles. The molecule has 0 radical (unpaired) electrons. The molecule has 0 aliphatic heterocycles. The van der Waals surface area contributed by atoms with Crippen molar-refractivity contribution in [2.75, 3.05) is 14.2 Å². The van der Waals surface area contributed by atoms with Crippen molar-refractivity contribution in [1.82, 2.24) is 26.6 Å². The molecule has 0 bridgehead atoms. The third kappa shape index (κ3) is 13.7. The van der Waals surface area contributed by atoms with Crippen LogP contribution in [-0.2, 0) is 45.2 Å². The summed E-state index contributed by atoms with van der Waals surface area (Å²) in [7, 11) is 3.04. The first-order valence-electron chi connectivity index (χ1n) is 21.3. The molecule has 0 aliphatic rings. The van der Waals surface area contributed by atoms with Crippen LogP contribution in [0, 0.1) is 11.3 Å². The number of amides is 4. The summed E-state index contributed by atoms with van der Waals surface area (Å²) >= 11 is 0. The number of benzene rings is 5. The number of alkyl carbamates (subject to hydrolysis) is 1. The molecule has 0 spiro atoms. The first kappa shape index (κ1) is 48.4. The largest absolute Gasteiger partial charge is 0.507 e. The van der Waals surface area contributed by atoms with E-state index in [2.05, 4.69) is 26.6 Å². The molecule has 0 aliphatic carbocycles. The zero-order valence-electron chi connectivity index (χ0n) is 37.5. The summed E-state index contributed by atoms with van der Waals surface area (Å²) in [6.07, 6.45) is -2.28. The van der Waals surface area contributed by atoms with Crippen molar-refractivity contribution < 1.29 is 43.6 Å². The van der Waals surface area contributed by atoms with E-state index in [4.69, 9.17) is 14.2 Å². The number of rotatable bonds is 20. The highest BCUT2D eigenvalue weighted by atomic mass is 16.5. The lowest BCUT2D eigenvalue weighted by Gasteiger charge is -2.35. The van der Waals surface area contributed by atoms with Gasteiger partial charge in [-0.1, -0.05) is 113 Å². The summed E-state index contributed by atoms with van der Waals surface area (Å²) in [4.78, 5) is 55.9. The second kappa shape index (κ2) is 22.6. The number of fused-ring (bicyclic) bond motifs is 1. The van der Waals surface area contributed by atoms with Gasteiger partial charge in [-0.2, -0.15) is 0 Å². The molecule has 0 aromatic heterocycles. The molecule has 4 amide bonds. The Kier molecular flexibility index (Phi) is 17.1. The van der Waals surface area contributed by atoms with Crippen molar-refractivity contribution in [1.29, 1.82) is 0 Å². The average molecular weight is 876 g/mol. The second-order valence-electron chi connectivity index (χ2n) is 17.1. The molecule has 5 aromatic rings. The van der Waals surface area contributed by atoms with Gasteiger partial charge < -0.3 is 45.7 Å². The van der Waals surface area contributed by atoms with E-state index < -0.39 is 65.4 Å². The summed E-state index contributed by atoms with van der Waals surface area (Å²) in [6, 6.07) is 30.0. The maximum Gasteiger partial charge on any atom is 0.408 e. The number of hydrogen-bond donors (Lipinski definition) is 7. The Morgan fingerprint density at radius 3 is 1.92 bits per heavy atom. The number of nitrogens with one attached hydrogen (secondary N) is 5. The van der Waals surface area contributed by atoms with Crippen LogP contribution < -0.4 is 36.1 Å². The Morgan fingerprint density at radius 1 is 0.641 bits per heavy atom. The number of hydrogen-bond acceptors (Lipinski definition) is 10. The third-order valence-electron chi connectivity index (χ3n) is 10.9. The molecular formula is C50H61N5O9. The Hall–Kier alpha value is -6.64. The number of phenols is 1. The Balaban J connectivity index is 1.38. The van der Waals surface area contributed by atoms with E-state index >= 15 is 0 Å². The molecule has 0 saturated heterocycles. The number of ether oxygens (including phenoxy) is 3. The van der Waals surface area contributed by atoms with Crippen LogP contribution in [0.25, 0.3) is 10.8 Å². The Bertz CT molecular complexity index is 2330. The van der Waals surface area contributed by atoms with Crippen LogP contribution >= 0.6 is 0 Å². The fraction of sp³-hybridized carbons (Fsp3) is 0.360. The highest BCUT2D eigenvalue weighted by molar-refractivity contribution is 5.91. The van der Waals surface area contributed by atoms with Crippen LogP contribution in [0.3, 0.4) is 0 Å². The highest BCUT2D eigenvalue weighted by Gasteiger charge is 2.40. The van der Waals surface area contributed by atoms with Crippen molar-refractivity contribution in [3.8, 4) is 17.2 Å². The summed E-state index contributed by atoms with van der Waals surface area (Å²) in [5.74, 6) is -1.19. The molecular weight excluding hydrogens is 815 g/mol. The van der Waals surface area contributed by atoms with Crippen LogP contribution in [0.2, 0.25) is 0 Å². The van der Waals surface area contributed by atoms with Crippen molar-refractivity contribution in [3.63, 3.8) is 0 Å². The molecule has 0 saturated carbocycles. The van der Waals surface area contributed by atoms with Crippen LogP contribution in [0.1, 0.15) is 56.9 Å². The van der Waals surface area contributed by atoms with Crippen LogP contribution in [-0.4, -0.2) is 78.5 Å². The Morgan fingerprint density at radius 2 is 1.28 bits per heavy atom. The molecule has 5 rings (SSSR count). The van der Waals surface area contributed by atoms with Crippen LogP contribution in [0.15, 0.2) is 115 Å². The molecule has 7 N–H and O–H groups in total. The zero-order chi connectivity index (χ0) is 46.4. The monoisotopic (exact) mass is 875 g/mol. The SMILES string of the molecule is COc1ccc(CNC(C(=O)NC(C(=O)NCc2ccc(OC)cc2O)C(C)C)C(O)C(Cc2ccccc2)NC(=O)C(NC(=O)OCc2ccc3ccccc3c2)C(C)(C)C)cc1. The topological polar surface area (TPSA) is 197 Å². The fourth-order valence-corrected chi connectivity index (χ4v) is 7.17. The molecule has 64 heavy (non-hydrogen) atoms. The summed E-state index contributed by atoms with van der Waals surface area (Å²) in [6.45, 7) is 9.00. The van der Waals surface area contributed by atoms with Crippen molar-refractivity contribution in [2.45, 2.75) is 91.0 Å². The number of aromatic hydroxyl groups is 1. The normalized spacial score (nSPS) is 13.8. The third-order valence-corrected chi connectivity index (χ3v) is 10.9. The first-order chi connectivity index (χ1) is 30.6. The molecule has 340 valence electrons. The summed E-state index contributed by atoms with van der Waals surface area (Å²) in [5.41, 5.74) is 1.93. The lowest BCUT2D eigenvalue weighted by Crippen LogP contribution is -2.63. The van der Waals surface area contributed by atoms with E-state index in [0.717, 1.165) is 27.5 Å². The fourth-order valence-electron chi connectivity index (χ4n) is 7.17. The van der Waals surface area contributed by atoms with Crippen molar-refractivity contribution >= 4 is 34.6 Å². The number of aliphatic hydroxyl groups is 1. The molecule has 5 atom stereocenters. The predicted molar refractivity (Wildman–Crippen MR) is 245 cm³/mol. The van der Waals surface area contributed by atoms with Gasteiger partial charge in [0.2, 0.25) is 17.7 Å². The lowest BCUT2D eigenvalue weighted by molar-refractivity contribution is -0.134. The molecule has 5 unspecified atom stereocenters. The van der Waals surface area contributed by atoms with Crippen molar-refractivity contribution in [2.24, 2.45) is 11.3 Å². The van der Waals surface area contributed by atoms with Gasteiger partial charge >= 0.3 is 6.09 Å². The van der Waals surface area contributed by atoms with Gasteiger partial charge in [0.1, 0.15) is 42.0 Å². The van der Waals surface area contributed by atoms with Gasteiger partial charge in [-0.3, -0.25) is 19.7 Å². The van der Waals surface area contributed by atoms with Gasteiger partial charge in [0.15, 0.2) is 0 Å². The average Bonchev–Trinajstić information content (AvgIpc) is 3.28. The summed E-state index contributed by atoms with van der Waals surface area (Å²) in [5, 5.41) is 39.4. The number of methoxy groups -OCH3 is 2. The van der Waals surface area contributed by atoms with Gasteiger partial charge in [0.25, 0.3) is 0 Å². The Labute approximate surface area is 375 Å². The van der Waals surface area contributed by atoms with Gasteiger partial charge in [-0.15, -0.1) is 0 Å². The van der Waals surface area contributed by atoms with E-state index in [0.29, 0.717) is 17.1 Å². The number of phenolic OH excluding ortho intramolecular Hbond substituents is 1. The predicted octanol–water partition coefficient (Wildman–Crippen LogP) is 5.91. The lowest BCUT2D eigenvalue weighted by atomic mass is 9.85. The van der Waals surface area contributed by atoms with Gasteiger partial charge in [-0.25, -0.2) is 4.79 Å². The van der Waals surface area contributed by atoms with Gasteiger partial charge in [0, 0.05) is 24.7 Å². The van der Waals surface area contributed by atoms with E-state index in [1.807, 2.05) is 84.9 Å². The highest BCUT2D eigenvalue weighted by Crippen LogP contribution is 2.24. The molecule has 0 fully saturated rings. The van der Waals surface area contributed by atoms with Gasteiger partial charge in [-0.05, 0) is 75.5 Å². The number of carbonyl (C=O) groups excluding carboxylic acids is 4. The number of carbonyl (C=O) groups is 4. The van der Waals surface area contributed by atoms with E-state index in [-0.39, 0.29) is 31.9 Å². The smallest absolute Gasteiger partial charge is 0.408 e. The number of aliphatic hydroxyl groups excluding tert-OH is 1.